The van der Waals surface area contributed by atoms with Gasteiger partial charge in [0.25, 0.3) is 0 Å². The largest absolute Gasteiger partial charge is 0.273 e. The van der Waals surface area contributed by atoms with Crippen LogP contribution in [-0.4, -0.2) is 16.6 Å². The molecule has 1 aliphatic rings. The number of carbonyl (C=O) groups is 1. The highest BCUT2D eigenvalue weighted by atomic mass is 16.2. The van der Waals surface area contributed by atoms with Crippen molar-refractivity contribution >= 4 is 11.6 Å². The Morgan fingerprint density at radius 1 is 1.28 bits per heavy atom. The lowest BCUT2D eigenvalue weighted by molar-refractivity contribution is -0.129. The van der Waals surface area contributed by atoms with Gasteiger partial charge in [0.15, 0.2) is 0 Å². The van der Waals surface area contributed by atoms with Gasteiger partial charge >= 0.3 is 0 Å². The highest BCUT2D eigenvalue weighted by molar-refractivity contribution is 6.04. The zero-order valence-electron chi connectivity index (χ0n) is 11.3. The molecule has 1 amide bonds. The van der Waals surface area contributed by atoms with Crippen molar-refractivity contribution in [3.8, 4) is 0 Å². The number of aryl methyl sites for hydroxylation is 1. The molecule has 0 saturated carbocycles. The lowest BCUT2D eigenvalue weighted by Gasteiger charge is -2.11. The Labute approximate surface area is 108 Å². The minimum absolute atomic E-state index is 0.117. The third kappa shape index (κ3) is 3.19. The van der Waals surface area contributed by atoms with E-state index >= 15 is 0 Å². The maximum Gasteiger partial charge on any atom is 0.248 e. The number of carbonyl (C=O) groups excluding carboxylic acids is 1. The van der Waals surface area contributed by atoms with Gasteiger partial charge in [0.1, 0.15) is 0 Å². The summed E-state index contributed by atoms with van der Waals surface area (Å²) in [6, 6.07) is 8.24. The zero-order chi connectivity index (χ0) is 13.1. The highest BCUT2D eigenvalue weighted by Gasteiger charge is 2.23. The van der Waals surface area contributed by atoms with Gasteiger partial charge in [-0.05, 0) is 24.8 Å². The van der Waals surface area contributed by atoms with E-state index in [1.165, 1.54) is 5.56 Å². The smallest absolute Gasteiger partial charge is 0.248 e. The molecule has 1 aromatic carbocycles. The number of amides is 1. The van der Waals surface area contributed by atoms with Crippen molar-refractivity contribution in [1.82, 2.24) is 5.01 Å². The van der Waals surface area contributed by atoms with Gasteiger partial charge in [-0.15, -0.1) is 0 Å². The molecule has 0 unspecified atom stereocenters. The summed E-state index contributed by atoms with van der Waals surface area (Å²) >= 11 is 0. The van der Waals surface area contributed by atoms with Crippen molar-refractivity contribution in [2.45, 2.75) is 40.2 Å². The molecule has 0 N–H and O–H groups in total. The molecule has 96 valence electrons. The van der Waals surface area contributed by atoms with Crippen molar-refractivity contribution in [2.24, 2.45) is 11.0 Å². The average Bonchev–Trinajstić information content (AvgIpc) is 2.61. The SMILES string of the molecule is Cc1ccc(CN2N=C(CC(C)C)CC2=O)cc1. The van der Waals surface area contributed by atoms with E-state index in [4.69, 9.17) is 0 Å². The predicted molar refractivity (Wildman–Crippen MR) is 73.2 cm³/mol. The van der Waals surface area contributed by atoms with Crippen molar-refractivity contribution < 1.29 is 4.79 Å². The molecule has 0 aliphatic carbocycles. The summed E-state index contributed by atoms with van der Waals surface area (Å²) in [5.41, 5.74) is 3.38. The minimum atomic E-state index is 0.117. The molecule has 0 fully saturated rings. The molecule has 0 saturated heterocycles. The third-order valence-corrected chi connectivity index (χ3v) is 3.00. The molecular formula is C15H20N2O. The zero-order valence-corrected chi connectivity index (χ0v) is 11.3. The van der Waals surface area contributed by atoms with Crippen LogP contribution < -0.4 is 0 Å². The van der Waals surface area contributed by atoms with E-state index in [1.54, 1.807) is 5.01 Å². The summed E-state index contributed by atoms with van der Waals surface area (Å²) in [7, 11) is 0. The molecule has 1 aromatic rings. The van der Waals surface area contributed by atoms with Crippen LogP contribution in [0, 0.1) is 12.8 Å². The van der Waals surface area contributed by atoms with E-state index in [-0.39, 0.29) is 5.91 Å². The normalized spacial score (nSPS) is 15.4. The van der Waals surface area contributed by atoms with Crippen LogP contribution in [0.3, 0.4) is 0 Å². The van der Waals surface area contributed by atoms with Crippen LogP contribution in [0.4, 0.5) is 0 Å². The lowest BCUT2D eigenvalue weighted by atomic mass is 10.1. The van der Waals surface area contributed by atoms with Gasteiger partial charge in [0, 0.05) is 5.71 Å². The van der Waals surface area contributed by atoms with Crippen molar-refractivity contribution in [3.05, 3.63) is 35.4 Å². The number of benzene rings is 1. The Kier molecular flexibility index (Phi) is 3.80. The first kappa shape index (κ1) is 12.8. The summed E-state index contributed by atoms with van der Waals surface area (Å²) in [6.07, 6.45) is 1.40. The topological polar surface area (TPSA) is 32.7 Å². The van der Waals surface area contributed by atoms with Gasteiger partial charge in [-0.1, -0.05) is 43.7 Å². The molecule has 2 rings (SSSR count). The molecule has 0 radical (unpaired) electrons. The fourth-order valence-corrected chi connectivity index (χ4v) is 2.10. The van der Waals surface area contributed by atoms with E-state index in [2.05, 4.69) is 50.1 Å². The summed E-state index contributed by atoms with van der Waals surface area (Å²) in [4.78, 5) is 11.8. The van der Waals surface area contributed by atoms with Crippen molar-refractivity contribution in [2.75, 3.05) is 0 Å². The van der Waals surface area contributed by atoms with E-state index in [0.29, 0.717) is 18.9 Å². The second-order valence-corrected chi connectivity index (χ2v) is 5.38. The van der Waals surface area contributed by atoms with E-state index in [9.17, 15) is 4.79 Å². The summed E-state index contributed by atoms with van der Waals surface area (Å²) in [6.45, 7) is 6.94. The van der Waals surface area contributed by atoms with Crippen LogP contribution in [0.1, 0.15) is 37.8 Å². The lowest BCUT2D eigenvalue weighted by Crippen LogP contribution is -2.19. The van der Waals surface area contributed by atoms with Gasteiger partial charge in [0.2, 0.25) is 5.91 Å². The molecule has 0 bridgehead atoms. The molecule has 0 atom stereocenters. The van der Waals surface area contributed by atoms with E-state index in [0.717, 1.165) is 17.7 Å². The van der Waals surface area contributed by atoms with Crippen LogP contribution in [0.2, 0.25) is 0 Å². The fourth-order valence-electron chi connectivity index (χ4n) is 2.10. The Morgan fingerprint density at radius 3 is 2.56 bits per heavy atom. The molecule has 0 spiro atoms. The molecule has 0 aromatic heterocycles. The first-order valence-corrected chi connectivity index (χ1v) is 6.47. The number of hydrogen-bond acceptors (Lipinski definition) is 2. The Morgan fingerprint density at radius 2 is 1.94 bits per heavy atom. The van der Waals surface area contributed by atoms with Crippen LogP contribution in [0.15, 0.2) is 29.4 Å². The summed E-state index contributed by atoms with van der Waals surface area (Å²) in [5, 5.41) is 6.03. The first-order chi connectivity index (χ1) is 8.54. The van der Waals surface area contributed by atoms with Crippen molar-refractivity contribution in [3.63, 3.8) is 0 Å². The number of nitrogens with zero attached hydrogens (tertiary/aromatic N) is 2. The monoisotopic (exact) mass is 244 g/mol. The van der Waals surface area contributed by atoms with Gasteiger partial charge in [0.05, 0.1) is 13.0 Å². The fraction of sp³-hybridized carbons (Fsp3) is 0.467. The summed E-state index contributed by atoms with van der Waals surface area (Å²) in [5.74, 6) is 0.669. The third-order valence-electron chi connectivity index (χ3n) is 3.00. The minimum Gasteiger partial charge on any atom is -0.273 e. The molecule has 1 heterocycles. The molecule has 1 aliphatic heterocycles. The number of hydrazone groups is 1. The number of hydrogen-bond donors (Lipinski definition) is 0. The van der Waals surface area contributed by atoms with Crippen LogP contribution in [-0.2, 0) is 11.3 Å². The van der Waals surface area contributed by atoms with Gasteiger partial charge in [-0.2, -0.15) is 5.10 Å². The Balaban J connectivity index is 2.03. The molecular weight excluding hydrogens is 224 g/mol. The number of rotatable bonds is 4. The maximum atomic E-state index is 11.8. The standard InChI is InChI=1S/C15H20N2O/c1-11(2)8-14-9-15(18)17(16-14)10-13-6-4-12(3)5-7-13/h4-7,11H,8-10H2,1-3H3. The second kappa shape index (κ2) is 5.34. The quantitative estimate of drug-likeness (QED) is 0.801. The second-order valence-electron chi connectivity index (χ2n) is 5.38. The van der Waals surface area contributed by atoms with Crippen LogP contribution in [0.25, 0.3) is 0 Å². The first-order valence-electron chi connectivity index (χ1n) is 6.47. The maximum absolute atomic E-state index is 11.8. The van der Waals surface area contributed by atoms with Gasteiger partial charge in [-0.25, -0.2) is 5.01 Å². The van der Waals surface area contributed by atoms with E-state index < -0.39 is 0 Å². The van der Waals surface area contributed by atoms with Crippen molar-refractivity contribution in [1.29, 1.82) is 0 Å². The molecule has 18 heavy (non-hydrogen) atoms. The van der Waals surface area contributed by atoms with E-state index in [1.807, 2.05) is 0 Å². The molecule has 3 heteroatoms. The van der Waals surface area contributed by atoms with Gasteiger partial charge in [-0.3, -0.25) is 4.79 Å². The Bertz CT molecular complexity index is 460. The van der Waals surface area contributed by atoms with Crippen LogP contribution >= 0.6 is 0 Å². The Hall–Kier alpha value is -1.64. The highest BCUT2D eigenvalue weighted by Crippen LogP contribution is 2.17. The predicted octanol–water partition coefficient (Wildman–Crippen LogP) is 3.13. The average molecular weight is 244 g/mol. The molecule has 3 nitrogen and oxygen atoms in total. The van der Waals surface area contributed by atoms with Gasteiger partial charge < -0.3 is 0 Å². The van der Waals surface area contributed by atoms with Crippen LogP contribution in [0.5, 0.6) is 0 Å². The summed E-state index contributed by atoms with van der Waals surface area (Å²) < 4.78 is 0.